The van der Waals surface area contributed by atoms with Crippen molar-refractivity contribution in [1.29, 1.82) is 0 Å². The molecule has 1 aromatic heterocycles. The minimum Gasteiger partial charge on any atom is -0.369 e. The molecule has 1 atom stereocenters. The predicted molar refractivity (Wildman–Crippen MR) is 73.0 cm³/mol. The molecule has 1 unspecified atom stereocenters. The molecule has 0 radical (unpaired) electrons. The summed E-state index contributed by atoms with van der Waals surface area (Å²) in [6.07, 6.45) is 3.77. The highest BCUT2D eigenvalue weighted by molar-refractivity contribution is 5.44. The van der Waals surface area contributed by atoms with Gasteiger partial charge >= 0.3 is 0 Å². The van der Waals surface area contributed by atoms with Crippen LogP contribution in [0.2, 0.25) is 0 Å². The minimum atomic E-state index is -0.145. The number of aromatic nitrogens is 2. The van der Waals surface area contributed by atoms with Crippen LogP contribution in [-0.4, -0.2) is 41.3 Å². The Labute approximate surface area is 109 Å². The lowest BCUT2D eigenvalue weighted by atomic mass is 10.1. The van der Waals surface area contributed by atoms with E-state index in [-0.39, 0.29) is 11.7 Å². The zero-order valence-corrected chi connectivity index (χ0v) is 11.6. The Bertz CT molecular complexity index is 408. The largest absolute Gasteiger partial charge is 0.369 e. The van der Waals surface area contributed by atoms with Crippen LogP contribution in [0.3, 0.4) is 0 Å². The van der Waals surface area contributed by atoms with E-state index in [1.807, 2.05) is 13.1 Å². The van der Waals surface area contributed by atoms with Gasteiger partial charge in [-0.2, -0.15) is 0 Å². The van der Waals surface area contributed by atoms with E-state index in [1.165, 1.54) is 0 Å². The Morgan fingerprint density at radius 1 is 1.50 bits per heavy atom. The predicted octanol–water partition coefficient (Wildman–Crippen LogP) is 1.91. The molecule has 0 saturated carbocycles. The maximum Gasteiger partial charge on any atom is 0.149 e. The van der Waals surface area contributed by atoms with Crippen molar-refractivity contribution in [3.63, 3.8) is 0 Å². The van der Waals surface area contributed by atoms with Crippen LogP contribution in [0.1, 0.15) is 27.7 Å². The molecule has 5 nitrogen and oxygen atoms in total. The third-order valence-electron chi connectivity index (χ3n) is 2.87. The van der Waals surface area contributed by atoms with Gasteiger partial charge in [-0.05, 0) is 27.7 Å². The van der Waals surface area contributed by atoms with Gasteiger partial charge in [-0.15, -0.1) is 0 Å². The van der Waals surface area contributed by atoms with Gasteiger partial charge in [0, 0.05) is 19.6 Å². The van der Waals surface area contributed by atoms with E-state index in [0.717, 1.165) is 31.3 Å². The Morgan fingerprint density at radius 2 is 2.28 bits per heavy atom. The minimum absolute atomic E-state index is 0.145. The fourth-order valence-electron chi connectivity index (χ4n) is 2.40. The molecule has 0 amide bonds. The first kappa shape index (κ1) is 13.1. The summed E-state index contributed by atoms with van der Waals surface area (Å²) in [6.45, 7) is 10.9. The van der Waals surface area contributed by atoms with Crippen molar-refractivity contribution in [2.24, 2.45) is 0 Å². The molecule has 2 rings (SSSR count). The van der Waals surface area contributed by atoms with Gasteiger partial charge in [0.15, 0.2) is 0 Å². The molecule has 0 aromatic carbocycles. The SMILES string of the molecule is CCNc1cncc(N2CC(C)OC(C)(C)C2)n1. The topological polar surface area (TPSA) is 50.3 Å². The summed E-state index contributed by atoms with van der Waals surface area (Å²) in [4.78, 5) is 11.1. The first-order valence-electron chi connectivity index (χ1n) is 6.49. The van der Waals surface area contributed by atoms with Gasteiger partial charge in [0.25, 0.3) is 0 Å². The number of nitrogens with one attached hydrogen (secondary N) is 1. The summed E-state index contributed by atoms with van der Waals surface area (Å²) in [7, 11) is 0. The van der Waals surface area contributed by atoms with Crippen LogP contribution in [0.4, 0.5) is 11.6 Å². The number of hydrogen-bond acceptors (Lipinski definition) is 5. The Kier molecular flexibility index (Phi) is 3.71. The van der Waals surface area contributed by atoms with Crippen molar-refractivity contribution in [1.82, 2.24) is 9.97 Å². The van der Waals surface area contributed by atoms with Crippen molar-refractivity contribution in [3.8, 4) is 0 Å². The van der Waals surface area contributed by atoms with Crippen molar-refractivity contribution >= 4 is 11.6 Å². The third kappa shape index (κ3) is 3.10. The number of nitrogens with zero attached hydrogens (tertiary/aromatic N) is 3. The average Bonchev–Trinajstić information content (AvgIpc) is 2.27. The molecule has 1 fully saturated rings. The molecular formula is C13H22N4O. The van der Waals surface area contributed by atoms with Gasteiger partial charge in [0.05, 0.1) is 24.1 Å². The standard InChI is InChI=1S/C13H22N4O/c1-5-15-11-6-14-7-12(16-11)17-8-10(2)18-13(3,4)9-17/h6-7,10H,5,8-9H2,1-4H3,(H,15,16). The monoisotopic (exact) mass is 250 g/mol. The second-order valence-electron chi connectivity index (χ2n) is 5.36. The van der Waals surface area contributed by atoms with Gasteiger partial charge in [-0.1, -0.05) is 0 Å². The third-order valence-corrected chi connectivity index (χ3v) is 2.87. The fraction of sp³-hybridized carbons (Fsp3) is 0.692. The van der Waals surface area contributed by atoms with E-state index in [2.05, 4.69) is 41.0 Å². The van der Waals surface area contributed by atoms with Crippen molar-refractivity contribution < 1.29 is 4.74 Å². The smallest absolute Gasteiger partial charge is 0.149 e. The summed E-state index contributed by atoms with van der Waals surface area (Å²) in [6, 6.07) is 0. The molecule has 1 N–H and O–H groups in total. The van der Waals surface area contributed by atoms with Gasteiger partial charge in [0.2, 0.25) is 0 Å². The van der Waals surface area contributed by atoms with Crippen molar-refractivity contribution in [2.75, 3.05) is 29.9 Å². The van der Waals surface area contributed by atoms with E-state index in [4.69, 9.17) is 4.74 Å². The van der Waals surface area contributed by atoms with Crippen LogP contribution in [0.25, 0.3) is 0 Å². The second-order valence-corrected chi connectivity index (χ2v) is 5.36. The van der Waals surface area contributed by atoms with Crippen molar-refractivity contribution in [3.05, 3.63) is 12.4 Å². The van der Waals surface area contributed by atoms with E-state index < -0.39 is 0 Å². The van der Waals surface area contributed by atoms with Gasteiger partial charge in [0.1, 0.15) is 11.6 Å². The van der Waals surface area contributed by atoms with Crippen LogP contribution in [-0.2, 0) is 4.74 Å². The number of ether oxygens (including phenoxy) is 1. The summed E-state index contributed by atoms with van der Waals surface area (Å²) >= 11 is 0. The molecule has 5 heteroatoms. The first-order chi connectivity index (χ1) is 8.50. The van der Waals surface area contributed by atoms with E-state index >= 15 is 0 Å². The molecule has 100 valence electrons. The lowest BCUT2D eigenvalue weighted by Gasteiger charge is -2.42. The maximum absolute atomic E-state index is 5.90. The Hall–Kier alpha value is -1.36. The Morgan fingerprint density at radius 3 is 2.94 bits per heavy atom. The van der Waals surface area contributed by atoms with Crippen LogP contribution in [0.15, 0.2) is 12.4 Å². The molecule has 1 aliphatic rings. The Balaban J connectivity index is 2.17. The van der Waals surface area contributed by atoms with Crippen LogP contribution in [0.5, 0.6) is 0 Å². The molecule has 18 heavy (non-hydrogen) atoms. The summed E-state index contributed by atoms with van der Waals surface area (Å²) in [5.74, 6) is 1.74. The highest BCUT2D eigenvalue weighted by atomic mass is 16.5. The van der Waals surface area contributed by atoms with Crippen molar-refractivity contribution in [2.45, 2.75) is 39.4 Å². The maximum atomic E-state index is 5.90. The quantitative estimate of drug-likeness (QED) is 0.888. The summed E-state index contributed by atoms with van der Waals surface area (Å²) in [5.41, 5.74) is -0.145. The lowest BCUT2D eigenvalue weighted by molar-refractivity contribution is -0.0751. The highest BCUT2D eigenvalue weighted by Crippen LogP contribution is 2.24. The second kappa shape index (κ2) is 5.10. The summed E-state index contributed by atoms with van der Waals surface area (Å²) < 4.78 is 5.90. The molecule has 0 spiro atoms. The first-order valence-corrected chi connectivity index (χ1v) is 6.49. The van der Waals surface area contributed by atoms with E-state index in [0.29, 0.717) is 0 Å². The van der Waals surface area contributed by atoms with Gasteiger partial charge in [-0.25, -0.2) is 4.98 Å². The van der Waals surface area contributed by atoms with Gasteiger partial charge in [-0.3, -0.25) is 4.98 Å². The molecule has 2 heterocycles. The number of hydrogen-bond donors (Lipinski definition) is 1. The average molecular weight is 250 g/mol. The van der Waals surface area contributed by atoms with Crippen LogP contribution in [0, 0.1) is 0 Å². The normalized spacial score (nSPS) is 22.9. The molecule has 1 aromatic rings. The zero-order valence-electron chi connectivity index (χ0n) is 11.6. The summed E-state index contributed by atoms with van der Waals surface area (Å²) in [5, 5.41) is 3.19. The molecule has 0 bridgehead atoms. The van der Waals surface area contributed by atoms with Gasteiger partial charge < -0.3 is 15.0 Å². The van der Waals surface area contributed by atoms with Crippen LogP contribution < -0.4 is 10.2 Å². The molecular weight excluding hydrogens is 228 g/mol. The number of morpholine rings is 1. The fourth-order valence-corrected chi connectivity index (χ4v) is 2.40. The molecule has 1 aliphatic heterocycles. The number of rotatable bonds is 3. The highest BCUT2D eigenvalue weighted by Gasteiger charge is 2.32. The van der Waals surface area contributed by atoms with E-state index in [1.54, 1.807) is 6.20 Å². The van der Waals surface area contributed by atoms with Crippen LogP contribution >= 0.6 is 0 Å². The molecule has 0 aliphatic carbocycles. The lowest BCUT2D eigenvalue weighted by Crippen LogP contribution is -2.52. The zero-order chi connectivity index (χ0) is 13.2. The number of anilines is 2. The molecule has 1 saturated heterocycles. The van der Waals surface area contributed by atoms with E-state index in [9.17, 15) is 0 Å².